The summed E-state index contributed by atoms with van der Waals surface area (Å²) in [5.41, 5.74) is 1.05. The standard InChI is InChI=1S/C26H36O8/c27-17-26(32)25(31)33-19(13-12-18-8-4-3-5-9-18)14-15-21-20(22(28)16-23(21)29)10-6-1-2-7-11-24(30)34-26/h1,3-6,8-9,19-23,27-29,32H,2,7,10-17H2/b6-1+/t19-,20+,21+,22-,23+,26+/m0/s1. The number of carbonyl (C=O) groups excluding carboxylic acids is 2. The van der Waals surface area contributed by atoms with Crippen molar-refractivity contribution in [3.05, 3.63) is 48.0 Å². The topological polar surface area (TPSA) is 134 Å². The molecule has 0 amide bonds. The Hall–Kier alpha value is -2.26. The number of aliphatic hydroxyl groups excluding tert-OH is 3. The fourth-order valence-electron chi connectivity index (χ4n) is 4.88. The molecule has 0 spiro atoms. The SMILES string of the molecule is O=C1CCC/C=C/C[C@@H]2[C@@H](CC[C@H](CCc3ccccc3)OC(=O)[C@@](O)(CO)O1)[C@H](O)C[C@@H]2O. The van der Waals surface area contributed by atoms with E-state index in [0.29, 0.717) is 51.4 Å². The van der Waals surface area contributed by atoms with Crippen LogP contribution in [0.5, 0.6) is 0 Å². The Morgan fingerprint density at radius 3 is 2.47 bits per heavy atom. The van der Waals surface area contributed by atoms with E-state index in [1.807, 2.05) is 42.5 Å². The summed E-state index contributed by atoms with van der Waals surface area (Å²) in [6.45, 7) is -1.11. The molecule has 6 atom stereocenters. The van der Waals surface area contributed by atoms with Crippen molar-refractivity contribution < 1.29 is 39.5 Å². The summed E-state index contributed by atoms with van der Waals surface area (Å²) < 4.78 is 10.5. The van der Waals surface area contributed by atoms with Crippen LogP contribution in [-0.4, -0.2) is 63.1 Å². The zero-order valence-electron chi connectivity index (χ0n) is 19.4. The number of aliphatic hydroxyl groups is 4. The van der Waals surface area contributed by atoms with Gasteiger partial charge < -0.3 is 29.9 Å². The molecule has 1 aromatic carbocycles. The molecule has 2 aliphatic rings. The van der Waals surface area contributed by atoms with E-state index >= 15 is 0 Å². The predicted octanol–water partition coefficient (Wildman–Crippen LogP) is 2.02. The van der Waals surface area contributed by atoms with Gasteiger partial charge in [-0.25, -0.2) is 4.79 Å². The lowest BCUT2D eigenvalue weighted by Crippen LogP contribution is -2.49. The zero-order valence-corrected chi connectivity index (χ0v) is 19.4. The monoisotopic (exact) mass is 476 g/mol. The van der Waals surface area contributed by atoms with Gasteiger partial charge in [0.15, 0.2) is 0 Å². The van der Waals surface area contributed by atoms with Gasteiger partial charge in [0.1, 0.15) is 12.7 Å². The van der Waals surface area contributed by atoms with Gasteiger partial charge in [-0.1, -0.05) is 42.5 Å². The molecule has 0 saturated heterocycles. The molecule has 3 rings (SSSR count). The van der Waals surface area contributed by atoms with Crippen molar-refractivity contribution in [3.8, 4) is 0 Å². The van der Waals surface area contributed by atoms with Gasteiger partial charge in [-0.2, -0.15) is 0 Å². The van der Waals surface area contributed by atoms with Gasteiger partial charge in [0.25, 0.3) is 0 Å². The number of cyclic esters (lactones) is 2. The summed E-state index contributed by atoms with van der Waals surface area (Å²) in [4.78, 5) is 24.9. The molecule has 8 nitrogen and oxygen atoms in total. The second-order valence-electron chi connectivity index (χ2n) is 9.34. The van der Waals surface area contributed by atoms with Crippen molar-refractivity contribution in [3.63, 3.8) is 0 Å². The van der Waals surface area contributed by atoms with E-state index in [4.69, 9.17) is 9.47 Å². The average molecular weight is 477 g/mol. The fraction of sp³-hybridized carbons (Fsp3) is 0.615. The number of benzene rings is 1. The summed E-state index contributed by atoms with van der Waals surface area (Å²) in [6, 6.07) is 9.66. The highest BCUT2D eigenvalue weighted by atomic mass is 16.7. The molecule has 188 valence electrons. The van der Waals surface area contributed by atoms with Crippen LogP contribution in [0.15, 0.2) is 42.5 Å². The van der Waals surface area contributed by atoms with Crippen LogP contribution in [0.2, 0.25) is 0 Å². The molecule has 1 aliphatic carbocycles. The van der Waals surface area contributed by atoms with Crippen LogP contribution in [0.3, 0.4) is 0 Å². The van der Waals surface area contributed by atoms with Crippen LogP contribution in [0.25, 0.3) is 0 Å². The summed E-state index contributed by atoms with van der Waals surface area (Å²) >= 11 is 0. The molecule has 1 fully saturated rings. The van der Waals surface area contributed by atoms with Crippen LogP contribution < -0.4 is 0 Å². The first-order valence-corrected chi connectivity index (χ1v) is 12.1. The van der Waals surface area contributed by atoms with E-state index in [0.717, 1.165) is 5.56 Å². The molecule has 4 N–H and O–H groups in total. The highest BCUT2D eigenvalue weighted by Crippen LogP contribution is 2.39. The minimum Gasteiger partial charge on any atom is -0.457 e. The number of hydrogen-bond acceptors (Lipinski definition) is 8. The Balaban J connectivity index is 1.79. The number of rotatable bonds is 4. The number of ether oxygens (including phenoxy) is 2. The summed E-state index contributed by atoms with van der Waals surface area (Å²) in [6.07, 6.45) is 5.86. The summed E-state index contributed by atoms with van der Waals surface area (Å²) in [5.74, 6) is -5.04. The maximum atomic E-state index is 12.8. The van der Waals surface area contributed by atoms with Crippen molar-refractivity contribution >= 4 is 11.9 Å². The van der Waals surface area contributed by atoms with E-state index in [1.165, 1.54) is 0 Å². The van der Waals surface area contributed by atoms with Gasteiger partial charge in [-0.3, -0.25) is 4.79 Å². The van der Waals surface area contributed by atoms with Gasteiger partial charge in [-0.05, 0) is 68.8 Å². The average Bonchev–Trinajstić information content (AvgIpc) is 3.09. The lowest BCUT2D eigenvalue weighted by atomic mass is 9.85. The predicted molar refractivity (Wildman–Crippen MR) is 123 cm³/mol. The van der Waals surface area contributed by atoms with E-state index in [-0.39, 0.29) is 18.3 Å². The molecule has 1 aliphatic heterocycles. The van der Waals surface area contributed by atoms with Crippen molar-refractivity contribution in [1.29, 1.82) is 0 Å². The zero-order chi connectivity index (χ0) is 24.6. The maximum Gasteiger partial charge on any atom is 0.382 e. The highest BCUT2D eigenvalue weighted by Gasteiger charge is 2.44. The number of aryl methyl sites for hydroxylation is 1. The molecule has 0 bridgehead atoms. The van der Waals surface area contributed by atoms with Crippen molar-refractivity contribution in [2.75, 3.05) is 6.61 Å². The lowest BCUT2D eigenvalue weighted by molar-refractivity contribution is -0.240. The summed E-state index contributed by atoms with van der Waals surface area (Å²) in [5, 5.41) is 41.1. The first kappa shape index (κ1) is 26.3. The van der Waals surface area contributed by atoms with E-state index < -0.39 is 42.6 Å². The van der Waals surface area contributed by atoms with Crippen LogP contribution in [0.4, 0.5) is 0 Å². The second kappa shape index (κ2) is 12.4. The Labute approximate surface area is 200 Å². The third-order valence-electron chi connectivity index (χ3n) is 6.86. The first-order chi connectivity index (χ1) is 16.3. The maximum absolute atomic E-state index is 12.8. The number of hydrogen-bond donors (Lipinski definition) is 4. The minimum absolute atomic E-state index is 0.0369. The molecule has 1 aromatic rings. The first-order valence-electron chi connectivity index (χ1n) is 12.1. The van der Waals surface area contributed by atoms with Crippen LogP contribution >= 0.6 is 0 Å². The van der Waals surface area contributed by atoms with Crippen molar-refractivity contribution in [2.45, 2.75) is 81.9 Å². The largest absolute Gasteiger partial charge is 0.457 e. The molecule has 0 unspecified atom stereocenters. The Morgan fingerprint density at radius 2 is 1.74 bits per heavy atom. The normalized spacial score (nSPS) is 34.6. The minimum atomic E-state index is -2.76. The number of esters is 2. The van der Waals surface area contributed by atoms with Crippen molar-refractivity contribution in [1.82, 2.24) is 0 Å². The van der Waals surface area contributed by atoms with Gasteiger partial charge in [0, 0.05) is 6.42 Å². The van der Waals surface area contributed by atoms with Gasteiger partial charge >= 0.3 is 17.7 Å². The third-order valence-corrected chi connectivity index (χ3v) is 6.86. The Morgan fingerprint density at radius 1 is 1.00 bits per heavy atom. The number of carbonyl (C=O) groups is 2. The van der Waals surface area contributed by atoms with Crippen LogP contribution in [0.1, 0.15) is 56.9 Å². The molecule has 0 radical (unpaired) electrons. The highest BCUT2D eigenvalue weighted by molar-refractivity contribution is 5.82. The number of allylic oxidation sites excluding steroid dienone is 2. The molecule has 1 heterocycles. The molecule has 8 heteroatoms. The van der Waals surface area contributed by atoms with Crippen LogP contribution in [0, 0.1) is 11.8 Å². The van der Waals surface area contributed by atoms with Gasteiger partial charge in [-0.15, -0.1) is 0 Å². The van der Waals surface area contributed by atoms with Gasteiger partial charge in [0.05, 0.1) is 12.2 Å². The van der Waals surface area contributed by atoms with Crippen molar-refractivity contribution in [2.24, 2.45) is 11.8 Å². The van der Waals surface area contributed by atoms with Crippen LogP contribution in [-0.2, 0) is 25.5 Å². The van der Waals surface area contributed by atoms with E-state index in [9.17, 15) is 30.0 Å². The molecule has 34 heavy (non-hydrogen) atoms. The van der Waals surface area contributed by atoms with E-state index in [1.54, 1.807) is 0 Å². The molecular formula is C26H36O8. The quantitative estimate of drug-likeness (QED) is 0.383. The fourth-order valence-corrected chi connectivity index (χ4v) is 4.88. The van der Waals surface area contributed by atoms with E-state index in [2.05, 4.69) is 0 Å². The number of fused-ring (bicyclic) bond motifs is 1. The second-order valence-corrected chi connectivity index (χ2v) is 9.34. The molecular weight excluding hydrogens is 440 g/mol. The smallest absolute Gasteiger partial charge is 0.382 e. The Bertz CT molecular complexity index is 825. The lowest BCUT2D eigenvalue weighted by Gasteiger charge is -2.28. The molecule has 1 saturated carbocycles. The summed E-state index contributed by atoms with van der Waals surface area (Å²) in [7, 11) is 0. The third kappa shape index (κ3) is 7.12. The van der Waals surface area contributed by atoms with Gasteiger partial charge in [0.2, 0.25) is 0 Å². The molecule has 0 aromatic heterocycles. The Kier molecular flexibility index (Phi) is 9.64.